The van der Waals surface area contributed by atoms with E-state index in [9.17, 15) is 19.5 Å². The molecule has 0 fully saturated rings. The van der Waals surface area contributed by atoms with E-state index in [1.165, 1.54) is 109 Å². The highest BCUT2D eigenvalue weighted by Crippen LogP contribution is 2.15. The molecule has 0 spiro atoms. The Morgan fingerprint density at radius 1 is 0.492 bits per heavy atom. The van der Waals surface area contributed by atoms with Gasteiger partial charge in [0, 0.05) is 19.3 Å². The van der Waals surface area contributed by atoms with E-state index in [1.807, 2.05) is 0 Å². The van der Waals surface area contributed by atoms with Crippen LogP contribution in [0.25, 0.3) is 0 Å². The number of quaternary nitrogens is 1. The fourth-order valence-corrected chi connectivity index (χ4v) is 7.29. The summed E-state index contributed by atoms with van der Waals surface area (Å²) in [4.78, 5) is 37.0. The fourth-order valence-electron chi connectivity index (χ4n) is 7.29. The highest BCUT2D eigenvalue weighted by atomic mass is 16.6. The van der Waals surface area contributed by atoms with Crippen LogP contribution in [0, 0.1) is 0 Å². The Morgan fingerprint density at radius 3 is 1.31 bits per heavy atom. The summed E-state index contributed by atoms with van der Waals surface area (Å²) in [7, 11) is 5.41. The monoisotopic (exact) mass is 858 g/mol. The molecule has 0 aromatic heterocycles. The fraction of sp³-hybridized carbons (Fsp3) is 0.792. The Labute approximate surface area is 376 Å². The quantitative estimate of drug-likeness (QED) is 0.0260. The number of hydrogen-bond donors (Lipinski definition) is 0. The lowest BCUT2D eigenvalue weighted by atomic mass is 10.0. The highest BCUT2D eigenvalue weighted by Gasteiger charge is 2.25. The lowest BCUT2D eigenvalue weighted by molar-refractivity contribution is -0.889. The second kappa shape index (κ2) is 43.9. The van der Waals surface area contributed by atoms with Gasteiger partial charge < -0.3 is 28.6 Å². The summed E-state index contributed by atoms with van der Waals surface area (Å²) >= 11 is 0. The minimum atomic E-state index is -1.13. The molecule has 0 N–H and O–H groups in total. The van der Waals surface area contributed by atoms with Gasteiger partial charge in [-0.2, -0.15) is 0 Å². The Bertz CT molecular complexity index is 1140. The smallest absolute Gasteiger partial charge is 0.306 e. The molecule has 2 atom stereocenters. The summed E-state index contributed by atoms with van der Waals surface area (Å²) in [5, 5.41) is 11.7. The molecular formula is C53H95NO7. The Morgan fingerprint density at radius 2 is 0.869 bits per heavy atom. The van der Waals surface area contributed by atoms with E-state index in [-0.39, 0.29) is 42.7 Å². The van der Waals surface area contributed by atoms with E-state index in [1.54, 1.807) is 21.1 Å². The number of carboxylic acid groups (broad SMARTS) is 1. The molecule has 0 radical (unpaired) electrons. The molecule has 0 bridgehead atoms. The van der Waals surface area contributed by atoms with Crippen LogP contribution in [0.15, 0.2) is 48.6 Å². The molecule has 0 rings (SSSR count). The number of allylic oxidation sites excluding steroid dienone is 8. The van der Waals surface area contributed by atoms with E-state index in [2.05, 4.69) is 62.5 Å². The maximum Gasteiger partial charge on any atom is 0.306 e. The summed E-state index contributed by atoms with van der Waals surface area (Å²) < 4.78 is 17.2. The number of nitrogens with zero attached hydrogens (tertiary/aromatic N) is 1. The molecule has 0 saturated carbocycles. The Kier molecular flexibility index (Phi) is 42.0. The highest BCUT2D eigenvalue weighted by molar-refractivity contribution is 5.70. The van der Waals surface area contributed by atoms with E-state index >= 15 is 0 Å². The minimum Gasteiger partial charge on any atom is -0.544 e. The summed E-state index contributed by atoms with van der Waals surface area (Å²) in [5.74, 6) is -1.75. The van der Waals surface area contributed by atoms with Crippen LogP contribution in [-0.4, -0.2) is 75.5 Å². The number of rotatable bonds is 45. The molecule has 0 aliphatic carbocycles. The summed E-state index contributed by atoms with van der Waals surface area (Å²) in [6.07, 6.45) is 52.7. The van der Waals surface area contributed by atoms with Crippen molar-refractivity contribution in [1.29, 1.82) is 0 Å². The molecule has 61 heavy (non-hydrogen) atoms. The molecule has 8 heteroatoms. The van der Waals surface area contributed by atoms with Crippen molar-refractivity contribution in [2.45, 2.75) is 231 Å². The van der Waals surface area contributed by atoms with Gasteiger partial charge >= 0.3 is 11.9 Å². The van der Waals surface area contributed by atoms with Crippen molar-refractivity contribution in [1.82, 2.24) is 0 Å². The van der Waals surface area contributed by atoms with Crippen LogP contribution in [-0.2, 0) is 28.6 Å². The van der Waals surface area contributed by atoms with Crippen molar-refractivity contribution < 1.29 is 38.2 Å². The van der Waals surface area contributed by atoms with Crippen molar-refractivity contribution >= 4 is 17.9 Å². The van der Waals surface area contributed by atoms with Gasteiger partial charge in [0.2, 0.25) is 0 Å². The molecule has 354 valence electrons. The second-order valence-corrected chi connectivity index (χ2v) is 18.1. The van der Waals surface area contributed by atoms with Crippen molar-refractivity contribution in [2.24, 2.45) is 0 Å². The molecule has 0 aliphatic heterocycles. The van der Waals surface area contributed by atoms with Gasteiger partial charge in [-0.25, -0.2) is 0 Å². The van der Waals surface area contributed by atoms with Crippen molar-refractivity contribution in [3.8, 4) is 0 Å². The molecule has 2 unspecified atom stereocenters. The third-order valence-corrected chi connectivity index (χ3v) is 11.2. The van der Waals surface area contributed by atoms with Gasteiger partial charge in [-0.3, -0.25) is 9.59 Å². The Hall–Kier alpha value is -2.71. The predicted molar refractivity (Wildman–Crippen MR) is 254 cm³/mol. The van der Waals surface area contributed by atoms with Gasteiger partial charge in [0.1, 0.15) is 12.6 Å². The molecule has 0 aromatic rings. The maximum absolute atomic E-state index is 12.8. The molecule has 0 heterocycles. The van der Waals surface area contributed by atoms with Crippen LogP contribution in [0.5, 0.6) is 0 Å². The number of carbonyl (C=O) groups is 3. The van der Waals surface area contributed by atoms with Crippen molar-refractivity contribution in [2.75, 3.05) is 41.0 Å². The number of carbonyl (C=O) groups excluding carboxylic acids is 3. The number of ether oxygens (including phenoxy) is 3. The standard InChI is InChI=1S/C53H95NO7/c1-6-8-10-12-14-16-18-20-22-24-25-26-27-28-30-31-33-35-37-39-41-43-51(55)60-48-49(47-59-46-45-50(53(57)58)54(3,4)5)61-52(56)44-42-40-38-36-34-32-29-23-21-19-17-15-13-11-9-7-2/h14,16,20,22,25-26,28,30,49-50H,6-13,15,17-19,21,23-24,27,29,31-48H2,1-5H3/b16-14+,22-20+,26-25+,30-28+. The topological polar surface area (TPSA) is 102 Å². The van der Waals surface area contributed by atoms with Gasteiger partial charge in [-0.05, 0) is 57.8 Å². The van der Waals surface area contributed by atoms with E-state index < -0.39 is 18.1 Å². The third-order valence-electron chi connectivity index (χ3n) is 11.2. The van der Waals surface area contributed by atoms with Crippen molar-refractivity contribution in [3.05, 3.63) is 48.6 Å². The largest absolute Gasteiger partial charge is 0.544 e. The van der Waals surface area contributed by atoms with Crippen molar-refractivity contribution in [3.63, 3.8) is 0 Å². The first kappa shape index (κ1) is 58.3. The normalized spacial score (nSPS) is 13.3. The average molecular weight is 858 g/mol. The zero-order chi connectivity index (χ0) is 44.9. The van der Waals surface area contributed by atoms with Gasteiger partial charge in [0.25, 0.3) is 0 Å². The lowest BCUT2D eigenvalue weighted by Gasteiger charge is -2.34. The molecule has 0 aliphatic rings. The number of unbranched alkanes of at least 4 members (excludes halogenated alkanes) is 23. The van der Waals surface area contributed by atoms with Crippen LogP contribution in [0.1, 0.15) is 219 Å². The third kappa shape index (κ3) is 42.4. The summed E-state index contributed by atoms with van der Waals surface area (Å²) in [6, 6.07) is -0.729. The van der Waals surface area contributed by atoms with Crippen LogP contribution in [0.4, 0.5) is 0 Å². The first-order chi connectivity index (χ1) is 29.6. The average Bonchev–Trinajstić information content (AvgIpc) is 3.22. The molecule has 0 aromatic carbocycles. The molecule has 0 amide bonds. The van der Waals surface area contributed by atoms with Crippen LogP contribution < -0.4 is 5.11 Å². The lowest BCUT2D eigenvalue weighted by Crippen LogP contribution is -2.55. The number of aliphatic carboxylic acids is 1. The van der Waals surface area contributed by atoms with Crippen LogP contribution in [0.2, 0.25) is 0 Å². The zero-order valence-electron chi connectivity index (χ0n) is 40.3. The number of likely N-dealkylation sites (N-methyl/N-ethyl adjacent to an activating group) is 1. The van der Waals surface area contributed by atoms with Gasteiger partial charge in [-0.15, -0.1) is 0 Å². The number of carboxylic acids is 1. The number of hydrogen-bond acceptors (Lipinski definition) is 7. The molecule has 0 saturated heterocycles. The second-order valence-electron chi connectivity index (χ2n) is 18.1. The maximum atomic E-state index is 12.8. The Balaban J connectivity index is 4.29. The number of esters is 2. The zero-order valence-corrected chi connectivity index (χ0v) is 40.3. The molecular weight excluding hydrogens is 763 g/mol. The van der Waals surface area contributed by atoms with Gasteiger partial charge in [0.15, 0.2) is 6.10 Å². The summed E-state index contributed by atoms with van der Waals surface area (Å²) in [5.41, 5.74) is 0. The van der Waals surface area contributed by atoms with Crippen LogP contribution >= 0.6 is 0 Å². The SMILES string of the molecule is CCCCC/C=C/C/C=C/C/C=C/C/C=C/CCCCCCCC(=O)OCC(COCCC(C(=O)[O-])[N+](C)(C)C)OC(=O)CCCCCCCCCCCCCCCCCC. The minimum absolute atomic E-state index is 0.0360. The van der Waals surface area contributed by atoms with Gasteiger partial charge in [-0.1, -0.05) is 191 Å². The van der Waals surface area contributed by atoms with E-state index in [0.717, 1.165) is 77.0 Å². The van der Waals surface area contributed by atoms with Gasteiger partial charge in [0.05, 0.1) is 40.3 Å². The first-order valence-electron chi connectivity index (χ1n) is 25.2. The summed E-state index contributed by atoms with van der Waals surface area (Å²) in [6.45, 7) is 4.64. The predicted octanol–water partition coefficient (Wildman–Crippen LogP) is 13.0. The van der Waals surface area contributed by atoms with E-state index in [4.69, 9.17) is 14.2 Å². The molecule has 8 nitrogen and oxygen atoms in total. The van der Waals surface area contributed by atoms with E-state index in [0.29, 0.717) is 12.8 Å². The first-order valence-corrected chi connectivity index (χ1v) is 25.2. The van der Waals surface area contributed by atoms with Crippen LogP contribution in [0.3, 0.4) is 0 Å².